The van der Waals surface area contributed by atoms with E-state index < -0.39 is 23.8 Å². The average molecular weight is 266 g/mol. The Morgan fingerprint density at radius 2 is 1.63 bits per heavy atom. The fraction of sp³-hybridized carbons (Fsp3) is 0.231. The van der Waals surface area contributed by atoms with E-state index in [0.29, 0.717) is 11.1 Å². The molecule has 1 saturated heterocycles. The van der Waals surface area contributed by atoms with Crippen molar-refractivity contribution in [1.82, 2.24) is 10.2 Å². The van der Waals surface area contributed by atoms with E-state index in [2.05, 4.69) is 5.32 Å². The summed E-state index contributed by atoms with van der Waals surface area (Å²) in [5.74, 6) is -1.92. The lowest BCUT2D eigenvalue weighted by Crippen LogP contribution is -2.54. The topological polar surface area (TPSA) is 83.6 Å². The molecular formula is C13H18N2O4. The average Bonchev–Trinajstić information content (AvgIpc) is 2.64. The molecule has 104 valence electrons. The van der Waals surface area contributed by atoms with E-state index in [1.165, 1.54) is 0 Å². The highest BCUT2D eigenvalue weighted by Gasteiger charge is 2.44. The van der Waals surface area contributed by atoms with Gasteiger partial charge in [0, 0.05) is 12.1 Å². The van der Waals surface area contributed by atoms with Crippen LogP contribution in [0.25, 0.3) is 0 Å². The lowest BCUT2D eigenvalue weighted by molar-refractivity contribution is -0.136. The maximum Gasteiger partial charge on any atom is 0.262 e. The molecule has 2 aliphatic rings. The van der Waals surface area contributed by atoms with Gasteiger partial charge in [-0.2, -0.15) is 0 Å². The molecule has 3 rings (SSSR count). The minimum atomic E-state index is -0.898. The van der Waals surface area contributed by atoms with E-state index in [4.69, 9.17) is 0 Å². The smallest absolute Gasteiger partial charge is 0.262 e. The Morgan fingerprint density at radius 1 is 1.05 bits per heavy atom. The molecule has 0 radical (unpaired) electrons. The fourth-order valence-corrected chi connectivity index (χ4v) is 2.42. The van der Waals surface area contributed by atoms with Crippen LogP contribution in [0.3, 0.4) is 0 Å². The van der Waals surface area contributed by atoms with Gasteiger partial charge in [-0.25, -0.2) is 0 Å². The number of carbonyl (C=O) groups excluding carboxylic acids is 4. The first kappa shape index (κ1) is 11.6. The van der Waals surface area contributed by atoms with E-state index in [-0.39, 0.29) is 24.5 Å². The van der Waals surface area contributed by atoms with Crippen molar-refractivity contribution in [3.8, 4) is 0 Å². The van der Waals surface area contributed by atoms with Crippen molar-refractivity contribution in [3.05, 3.63) is 35.4 Å². The van der Waals surface area contributed by atoms with Gasteiger partial charge >= 0.3 is 0 Å². The zero-order chi connectivity index (χ0) is 13.6. The maximum absolute atomic E-state index is 12.2. The molecule has 0 bridgehead atoms. The number of nitrogens with one attached hydrogen (secondary N) is 1. The van der Waals surface area contributed by atoms with Crippen molar-refractivity contribution in [2.45, 2.75) is 18.9 Å². The number of hydrogen-bond acceptors (Lipinski definition) is 4. The number of rotatable bonds is 1. The lowest BCUT2D eigenvalue weighted by atomic mass is 10.0. The molecule has 0 aliphatic carbocycles. The monoisotopic (exact) mass is 266 g/mol. The maximum atomic E-state index is 12.2. The molecule has 1 aromatic carbocycles. The molecule has 0 saturated carbocycles. The van der Waals surface area contributed by atoms with Gasteiger partial charge in [-0.05, 0) is 18.6 Å². The summed E-state index contributed by atoms with van der Waals surface area (Å²) in [6.07, 6.45) is 0.306. The number of piperidine rings is 1. The summed E-state index contributed by atoms with van der Waals surface area (Å²) < 4.78 is 0. The van der Waals surface area contributed by atoms with Gasteiger partial charge in [-0.15, -0.1) is 0 Å². The Morgan fingerprint density at radius 3 is 2.16 bits per heavy atom. The molecule has 2 heterocycles. The first-order valence-electron chi connectivity index (χ1n) is 5.90. The van der Waals surface area contributed by atoms with Crippen LogP contribution in [0.2, 0.25) is 0 Å². The summed E-state index contributed by atoms with van der Waals surface area (Å²) in [7, 11) is 0. The zero-order valence-corrected chi connectivity index (χ0v) is 9.88. The summed E-state index contributed by atoms with van der Waals surface area (Å²) in [6, 6.07) is 5.55. The molecule has 2 aliphatic heterocycles. The Hall–Kier alpha value is -2.50. The van der Waals surface area contributed by atoms with Crippen molar-refractivity contribution in [1.29, 1.82) is 0 Å². The predicted molar refractivity (Wildman–Crippen MR) is 71.6 cm³/mol. The summed E-state index contributed by atoms with van der Waals surface area (Å²) in [4.78, 5) is 48.1. The molecule has 1 N–H and O–H groups in total. The second-order valence-corrected chi connectivity index (χ2v) is 4.49. The first-order valence-corrected chi connectivity index (χ1v) is 5.90. The Balaban J connectivity index is 0. The fourth-order valence-electron chi connectivity index (χ4n) is 2.42. The third-order valence-corrected chi connectivity index (χ3v) is 3.35. The number of benzene rings is 1. The molecular weight excluding hydrogens is 248 g/mol. The van der Waals surface area contributed by atoms with Crippen LogP contribution in [-0.4, -0.2) is 34.6 Å². The summed E-state index contributed by atoms with van der Waals surface area (Å²) in [6.45, 7) is 0. The van der Waals surface area contributed by atoms with Crippen molar-refractivity contribution in [3.63, 3.8) is 0 Å². The largest absolute Gasteiger partial charge is 0.295 e. The van der Waals surface area contributed by atoms with E-state index >= 15 is 0 Å². The van der Waals surface area contributed by atoms with Gasteiger partial charge in [0.2, 0.25) is 11.8 Å². The third-order valence-electron chi connectivity index (χ3n) is 3.35. The van der Waals surface area contributed by atoms with Crippen LogP contribution >= 0.6 is 0 Å². The van der Waals surface area contributed by atoms with E-state index in [0.717, 1.165) is 4.90 Å². The van der Waals surface area contributed by atoms with Crippen LogP contribution in [0.5, 0.6) is 0 Å². The second kappa shape index (κ2) is 4.01. The van der Waals surface area contributed by atoms with E-state index in [9.17, 15) is 19.2 Å². The van der Waals surface area contributed by atoms with Crippen molar-refractivity contribution in [2.75, 3.05) is 0 Å². The first-order chi connectivity index (χ1) is 9.09. The van der Waals surface area contributed by atoms with Gasteiger partial charge in [0.15, 0.2) is 0 Å². The minimum Gasteiger partial charge on any atom is -0.295 e. The number of fused-ring (bicyclic) bond motifs is 1. The molecule has 1 aromatic rings. The van der Waals surface area contributed by atoms with Crippen molar-refractivity contribution in [2.24, 2.45) is 0 Å². The highest BCUT2D eigenvalue weighted by Crippen LogP contribution is 2.26. The standard InChI is InChI=1S/C13H10N2O4.4H2/c16-10-6-5-9(11(17)14-10)15-12(18)7-3-1-2-4-8(7)13(15)19;;;;/h1-4,9H,5-6H2,(H,14,16,17);4*1H. The van der Waals surface area contributed by atoms with Crippen LogP contribution in [0, 0.1) is 0 Å². The second-order valence-electron chi connectivity index (χ2n) is 4.49. The molecule has 0 aromatic heterocycles. The van der Waals surface area contributed by atoms with E-state index in [1.807, 2.05) is 0 Å². The number of hydrogen-bond donors (Lipinski definition) is 1. The molecule has 0 spiro atoms. The quantitative estimate of drug-likeness (QED) is 0.771. The van der Waals surface area contributed by atoms with Gasteiger partial charge in [0.05, 0.1) is 11.1 Å². The van der Waals surface area contributed by atoms with E-state index in [1.54, 1.807) is 24.3 Å². The lowest BCUT2D eigenvalue weighted by Gasteiger charge is -2.27. The molecule has 1 atom stereocenters. The van der Waals surface area contributed by atoms with Gasteiger partial charge in [-0.3, -0.25) is 29.4 Å². The highest BCUT2D eigenvalue weighted by atomic mass is 16.2. The molecule has 6 heteroatoms. The zero-order valence-electron chi connectivity index (χ0n) is 9.88. The van der Waals surface area contributed by atoms with Crippen molar-refractivity contribution >= 4 is 23.6 Å². The number of carbonyl (C=O) groups is 4. The number of nitrogens with zero attached hydrogens (tertiary/aromatic N) is 1. The number of amides is 4. The summed E-state index contributed by atoms with van der Waals surface area (Å²) >= 11 is 0. The molecule has 1 fully saturated rings. The van der Waals surface area contributed by atoms with Crippen LogP contribution < -0.4 is 5.32 Å². The van der Waals surface area contributed by atoms with Crippen LogP contribution in [0.1, 0.15) is 39.3 Å². The summed E-state index contributed by atoms with van der Waals surface area (Å²) in [5, 5.41) is 2.15. The van der Waals surface area contributed by atoms with Crippen molar-refractivity contribution < 1.29 is 24.9 Å². The van der Waals surface area contributed by atoms with Gasteiger partial charge < -0.3 is 0 Å². The highest BCUT2D eigenvalue weighted by molar-refractivity contribution is 6.23. The Labute approximate surface area is 114 Å². The number of imide groups is 2. The Bertz CT molecular complexity index is 603. The molecule has 4 amide bonds. The minimum absolute atomic E-state index is 0. The normalized spacial score (nSPS) is 22.5. The molecule has 6 nitrogen and oxygen atoms in total. The summed E-state index contributed by atoms with van der Waals surface area (Å²) in [5.41, 5.74) is 0.606. The van der Waals surface area contributed by atoms with Crippen LogP contribution in [-0.2, 0) is 9.59 Å². The molecule has 1 unspecified atom stereocenters. The van der Waals surface area contributed by atoms with Gasteiger partial charge in [0.1, 0.15) is 6.04 Å². The SMILES string of the molecule is O=C1CCC(N2C(=O)c3ccccc3C2=O)C(=O)N1.[HH].[HH].[HH].[HH]. The van der Waals surface area contributed by atoms with Crippen LogP contribution in [0.15, 0.2) is 24.3 Å². The third kappa shape index (κ3) is 1.64. The molecule has 19 heavy (non-hydrogen) atoms. The van der Waals surface area contributed by atoms with Crippen LogP contribution in [0.4, 0.5) is 0 Å². The van der Waals surface area contributed by atoms with Gasteiger partial charge in [0.25, 0.3) is 11.8 Å². The van der Waals surface area contributed by atoms with Gasteiger partial charge in [-0.1, -0.05) is 12.1 Å². The Kier molecular flexibility index (Phi) is 2.45. The predicted octanol–water partition coefficient (Wildman–Crippen LogP) is 1.07.